The lowest BCUT2D eigenvalue weighted by atomic mass is 10.1. The molecule has 3 nitrogen and oxygen atoms in total. The summed E-state index contributed by atoms with van der Waals surface area (Å²) in [6.07, 6.45) is 0. The number of carbonyl (C=O) groups excluding carboxylic acids is 1. The van der Waals surface area contributed by atoms with Crippen LogP contribution in [0.4, 0.5) is 5.69 Å². The fraction of sp³-hybridized carbons (Fsp3) is 0.417. The first-order valence-corrected chi connectivity index (χ1v) is 5.01. The zero-order valence-electron chi connectivity index (χ0n) is 10.2. The van der Waals surface area contributed by atoms with Gasteiger partial charge in [0.05, 0.1) is 6.54 Å². The van der Waals surface area contributed by atoms with E-state index in [1.165, 1.54) is 0 Å². The summed E-state index contributed by atoms with van der Waals surface area (Å²) >= 11 is 0. The maximum atomic E-state index is 11.6. The summed E-state index contributed by atoms with van der Waals surface area (Å²) in [6, 6.07) is 5.99. The van der Waals surface area contributed by atoms with E-state index in [2.05, 4.69) is 5.32 Å². The number of anilines is 1. The first-order valence-electron chi connectivity index (χ1n) is 5.01. The monoisotopic (exact) mass is 242 g/mol. The molecule has 0 aromatic heterocycles. The van der Waals surface area contributed by atoms with Crippen molar-refractivity contribution in [2.24, 2.45) is 0 Å². The largest absolute Gasteiger partial charge is 0.324 e. The van der Waals surface area contributed by atoms with Crippen LogP contribution >= 0.6 is 12.4 Å². The van der Waals surface area contributed by atoms with Gasteiger partial charge in [-0.3, -0.25) is 4.79 Å². The first kappa shape index (κ1) is 14.9. The van der Waals surface area contributed by atoms with Gasteiger partial charge in [0.1, 0.15) is 0 Å². The number of likely N-dealkylation sites (N-methyl/N-ethyl adjacent to an activating group) is 1. The van der Waals surface area contributed by atoms with Gasteiger partial charge in [0.2, 0.25) is 5.91 Å². The van der Waals surface area contributed by atoms with Crippen LogP contribution in [0.3, 0.4) is 0 Å². The molecule has 1 amide bonds. The zero-order chi connectivity index (χ0) is 11.4. The van der Waals surface area contributed by atoms with E-state index in [1.807, 2.05) is 51.0 Å². The molecular weight excluding hydrogens is 224 g/mol. The van der Waals surface area contributed by atoms with Crippen LogP contribution in [-0.2, 0) is 4.79 Å². The van der Waals surface area contributed by atoms with E-state index < -0.39 is 0 Å². The van der Waals surface area contributed by atoms with Crippen molar-refractivity contribution in [3.8, 4) is 0 Å². The zero-order valence-corrected chi connectivity index (χ0v) is 11.0. The van der Waals surface area contributed by atoms with Crippen molar-refractivity contribution in [3.63, 3.8) is 0 Å². The first-order chi connectivity index (χ1) is 7.00. The number of nitrogens with zero attached hydrogens (tertiary/aromatic N) is 1. The summed E-state index contributed by atoms with van der Waals surface area (Å²) in [4.78, 5) is 13.4. The van der Waals surface area contributed by atoms with E-state index in [1.54, 1.807) is 0 Å². The number of rotatable bonds is 3. The van der Waals surface area contributed by atoms with Crippen molar-refractivity contribution < 1.29 is 4.79 Å². The maximum absolute atomic E-state index is 11.6. The summed E-state index contributed by atoms with van der Waals surface area (Å²) in [5.41, 5.74) is 3.13. The van der Waals surface area contributed by atoms with Crippen LogP contribution in [0.15, 0.2) is 18.2 Å². The molecule has 0 radical (unpaired) electrons. The molecule has 0 aliphatic rings. The Morgan fingerprint density at radius 3 is 2.19 bits per heavy atom. The molecule has 0 bridgehead atoms. The Hall–Kier alpha value is -1.06. The fourth-order valence-corrected chi connectivity index (χ4v) is 1.48. The third kappa shape index (κ3) is 4.21. The predicted molar refractivity (Wildman–Crippen MR) is 70.3 cm³/mol. The van der Waals surface area contributed by atoms with E-state index in [4.69, 9.17) is 0 Å². The minimum absolute atomic E-state index is 0. The van der Waals surface area contributed by atoms with E-state index in [9.17, 15) is 4.79 Å². The van der Waals surface area contributed by atoms with Crippen LogP contribution < -0.4 is 5.32 Å². The molecule has 0 unspecified atom stereocenters. The summed E-state index contributed by atoms with van der Waals surface area (Å²) in [6.45, 7) is 4.41. The van der Waals surface area contributed by atoms with Gasteiger partial charge in [-0.2, -0.15) is 0 Å². The van der Waals surface area contributed by atoms with Gasteiger partial charge in [-0.05, 0) is 39.1 Å². The summed E-state index contributed by atoms with van der Waals surface area (Å²) in [5, 5.41) is 2.93. The number of nitrogens with one attached hydrogen (secondary N) is 1. The molecule has 1 aromatic rings. The average molecular weight is 243 g/mol. The van der Waals surface area contributed by atoms with Gasteiger partial charge < -0.3 is 10.2 Å². The molecule has 0 atom stereocenters. The minimum Gasteiger partial charge on any atom is -0.324 e. The minimum atomic E-state index is 0. The number of hydrogen-bond acceptors (Lipinski definition) is 2. The molecule has 4 heteroatoms. The van der Waals surface area contributed by atoms with E-state index >= 15 is 0 Å². The summed E-state index contributed by atoms with van der Waals surface area (Å²) in [5.74, 6) is 0.0254. The van der Waals surface area contributed by atoms with Gasteiger partial charge in [-0.15, -0.1) is 12.4 Å². The highest BCUT2D eigenvalue weighted by Gasteiger charge is 2.07. The highest BCUT2D eigenvalue weighted by molar-refractivity contribution is 5.93. The van der Waals surface area contributed by atoms with Crippen LogP contribution in [0.25, 0.3) is 0 Å². The Kier molecular flexibility index (Phi) is 6.08. The van der Waals surface area contributed by atoms with Crippen LogP contribution in [0.2, 0.25) is 0 Å². The van der Waals surface area contributed by atoms with Crippen molar-refractivity contribution >= 4 is 24.0 Å². The van der Waals surface area contributed by atoms with Gasteiger partial charge in [-0.25, -0.2) is 0 Å². The quantitative estimate of drug-likeness (QED) is 0.882. The molecule has 0 spiro atoms. The molecule has 1 rings (SSSR count). The lowest BCUT2D eigenvalue weighted by Gasteiger charge is -2.13. The lowest BCUT2D eigenvalue weighted by molar-refractivity contribution is -0.116. The van der Waals surface area contributed by atoms with E-state index in [0.29, 0.717) is 6.54 Å². The Bertz CT molecular complexity index is 344. The lowest BCUT2D eigenvalue weighted by Crippen LogP contribution is -2.27. The average Bonchev–Trinajstić information content (AvgIpc) is 2.10. The second-order valence-corrected chi connectivity index (χ2v) is 4.05. The number of hydrogen-bond donors (Lipinski definition) is 1. The van der Waals surface area contributed by atoms with Gasteiger partial charge in [0, 0.05) is 5.69 Å². The Morgan fingerprint density at radius 2 is 1.75 bits per heavy atom. The number of benzene rings is 1. The summed E-state index contributed by atoms with van der Waals surface area (Å²) < 4.78 is 0. The second-order valence-electron chi connectivity index (χ2n) is 4.05. The maximum Gasteiger partial charge on any atom is 0.238 e. The molecule has 1 aromatic carbocycles. The molecule has 0 saturated heterocycles. The van der Waals surface area contributed by atoms with Crippen molar-refractivity contribution in [3.05, 3.63) is 29.3 Å². The number of halogens is 1. The number of carbonyl (C=O) groups is 1. The predicted octanol–water partition coefficient (Wildman–Crippen LogP) is 2.23. The molecule has 90 valence electrons. The normalized spacial score (nSPS) is 9.81. The molecule has 0 aliphatic heterocycles. The molecule has 0 aliphatic carbocycles. The highest BCUT2D eigenvalue weighted by Crippen LogP contribution is 2.18. The third-order valence-corrected chi connectivity index (χ3v) is 2.21. The Morgan fingerprint density at radius 1 is 1.25 bits per heavy atom. The third-order valence-electron chi connectivity index (χ3n) is 2.21. The van der Waals surface area contributed by atoms with Gasteiger partial charge in [-0.1, -0.05) is 18.2 Å². The molecule has 16 heavy (non-hydrogen) atoms. The van der Waals surface area contributed by atoms with Crippen molar-refractivity contribution in [2.75, 3.05) is 26.0 Å². The SMILES string of the molecule is Cc1cccc(C)c1NC(=O)CN(C)C.Cl. The standard InChI is InChI=1S/C12H18N2O.ClH/c1-9-6-5-7-10(2)12(9)13-11(15)8-14(3)4;/h5-7H,8H2,1-4H3,(H,13,15);1H. The van der Waals surface area contributed by atoms with Crippen LogP contribution in [0.5, 0.6) is 0 Å². The summed E-state index contributed by atoms with van der Waals surface area (Å²) in [7, 11) is 3.76. The Labute approximate surface area is 103 Å². The molecular formula is C12H19ClN2O. The van der Waals surface area contributed by atoms with Crippen molar-refractivity contribution in [1.82, 2.24) is 4.90 Å². The van der Waals surface area contributed by atoms with Gasteiger partial charge in [0.25, 0.3) is 0 Å². The fourth-order valence-electron chi connectivity index (χ4n) is 1.48. The molecule has 1 N–H and O–H groups in total. The number of para-hydroxylation sites is 1. The van der Waals surface area contributed by atoms with Gasteiger partial charge >= 0.3 is 0 Å². The smallest absolute Gasteiger partial charge is 0.238 e. The highest BCUT2D eigenvalue weighted by atomic mass is 35.5. The molecule has 0 saturated carbocycles. The number of aryl methyl sites for hydroxylation is 2. The van der Waals surface area contributed by atoms with E-state index in [0.717, 1.165) is 16.8 Å². The van der Waals surface area contributed by atoms with Crippen LogP contribution in [-0.4, -0.2) is 31.4 Å². The van der Waals surface area contributed by atoms with Crippen LogP contribution in [0.1, 0.15) is 11.1 Å². The van der Waals surface area contributed by atoms with E-state index in [-0.39, 0.29) is 18.3 Å². The topological polar surface area (TPSA) is 32.3 Å². The molecule has 0 heterocycles. The second kappa shape index (κ2) is 6.51. The van der Waals surface area contributed by atoms with Crippen molar-refractivity contribution in [2.45, 2.75) is 13.8 Å². The molecule has 0 fully saturated rings. The number of amides is 1. The Balaban J connectivity index is 0.00000225. The van der Waals surface area contributed by atoms with Crippen molar-refractivity contribution in [1.29, 1.82) is 0 Å². The van der Waals surface area contributed by atoms with Crippen LogP contribution in [0, 0.1) is 13.8 Å². The van der Waals surface area contributed by atoms with Gasteiger partial charge in [0.15, 0.2) is 0 Å².